The molecule has 1 aromatic heterocycles. The van der Waals surface area contributed by atoms with Crippen LogP contribution < -0.4 is 4.74 Å². The van der Waals surface area contributed by atoms with Crippen LogP contribution in [0.15, 0.2) is 24.3 Å². The van der Waals surface area contributed by atoms with Gasteiger partial charge in [0.05, 0.1) is 18.7 Å². The molecule has 1 aromatic carbocycles. The number of aryl methyl sites for hydroxylation is 1. The number of rotatable bonds is 7. The maximum Gasteiger partial charge on any atom is 0.308 e. The first-order valence-corrected chi connectivity index (χ1v) is 7.27. The summed E-state index contributed by atoms with van der Waals surface area (Å²) in [6.07, 6.45) is -0.0408. The number of ether oxygens (including phenoxy) is 2. The van der Waals surface area contributed by atoms with E-state index in [1.165, 1.54) is 16.9 Å². The smallest absolute Gasteiger partial charge is 0.308 e. The van der Waals surface area contributed by atoms with Crippen molar-refractivity contribution in [1.29, 1.82) is 0 Å². The Balaban J connectivity index is 2.05. The summed E-state index contributed by atoms with van der Waals surface area (Å²) in [5.41, 5.74) is 1.84. The summed E-state index contributed by atoms with van der Waals surface area (Å²) in [4.78, 5) is 16.0. The molecule has 0 radical (unpaired) electrons. The maximum absolute atomic E-state index is 10.9. The van der Waals surface area contributed by atoms with Crippen molar-refractivity contribution < 1.29 is 19.4 Å². The Kier molecular flexibility index (Phi) is 5.30. The van der Waals surface area contributed by atoms with Crippen molar-refractivity contribution in [3.63, 3.8) is 0 Å². The molecule has 0 fully saturated rings. The van der Waals surface area contributed by atoms with Crippen molar-refractivity contribution in [2.45, 2.75) is 26.6 Å². The van der Waals surface area contributed by atoms with Crippen molar-refractivity contribution in [1.82, 2.24) is 4.98 Å². The fourth-order valence-electron chi connectivity index (χ4n) is 1.80. The third kappa shape index (κ3) is 4.54. The van der Waals surface area contributed by atoms with Crippen molar-refractivity contribution in [3.05, 3.63) is 45.4 Å². The molecule has 21 heavy (non-hydrogen) atoms. The van der Waals surface area contributed by atoms with Crippen LogP contribution in [0.1, 0.15) is 21.1 Å². The minimum absolute atomic E-state index is 0.0408. The average molecular weight is 307 g/mol. The first-order chi connectivity index (χ1) is 10.1. The third-order valence-electron chi connectivity index (χ3n) is 2.80. The van der Waals surface area contributed by atoms with Crippen molar-refractivity contribution in [2.24, 2.45) is 0 Å². The molecule has 0 spiro atoms. The van der Waals surface area contributed by atoms with Gasteiger partial charge in [0.1, 0.15) is 17.4 Å². The average Bonchev–Trinajstić information content (AvgIpc) is 2.80. The van der Waals surface area contributed by atoms with Crippen molar-refractivity contribution in [3.8, 4) is 5.75 Å². The van der Waals surface area contributed by atoms with E-state index in [0.717, 1.165) is 10.8 Å². The molecule has 6 heteroatoms. The molecule has 0 aliphatic rings. The fourth-order valence-corrected chi connectivity index (χ4v) is 2.78. The molecule has 0 saturated carbocycles. The highest BCUT2D eigenvalue weighted by atomic mass is 32.1. The molecule has 0 unspecified atom stereocenters. The lowest BCUT2D eigenvalue weighted by molar-refractivity contribution is -0.136. The van der Waals surface area contributed by atoms with Crippen LogP contribution in [0, 0.1) is 6.92 Å². The summed E-state index contributed by atoms with van der Waals surface area (Å²) in [6, 6.07) is 7.75. The molecule has 112 valence electrons. The highest BCUT2D eigenvalue weighted by Gasteiger charge is 2.14. The van der Waals surface area contributed by atoms with Crippen LogP contribution >= 0.6 is 11.3 Å². The molecule has 0 atom stereocenters. The number of carbonyl (C=O) groups is 1. The van der Waals surface area contributed by atoms with Gasteiger partial charge in [-0.25, -0.2) is 4.98 Å². The number of methoxy groups -OCH3 is 1. The maximum atomic E-state index is 10.9. The molecular weight excluding hydrogens is 290 g/mol. The largest absolute Gasteiger partial charge is 0.486 e. The predicted molar refractivity (Wildman–Crippen MR) is 79.7 cm³/mol. The topological polar surface area (TPSA) is 68.7 Å². The first kappa shape index (κ1) is 15.5. The van der Waals surface area contributed by atoms with E-state index >= 15 is 0 Å². The zero-order valence-electron chi connectivity index (χ0n) is 12.0. The molecule has 5 nitrogen and oxygen atoms in total. The van der Waals surface area contributed by atoms with E-state index in [4.69, 9.17) is 14.6 Å². The second-order valence-electron chi connectivity index (χ2n) is 4.58. The van der Waals surface area contributed by atoms with Crippen molar-refractivity contribution >= 4 is 17.3 Å². The zero-order valence-corrected chi connectivity index (χ0v) is 12.8. The van der Waals surface area contributed by atoms with Crippen LogP contribution in [0.25, 0.3) is 0 Å². The van der Waals surface area contributed by atoms with Gasteiger partial charge >= 0.3 is 5.97 Å². The molecule has 2 rings (SSSR count). The van der Waals surface area contributed by atoms with Crippen LogP contribution in [0.2, 0.25) is 0 Å². The lowest BCUT2D eigenvalue weighted by atomic mass is 10.2. The van der Waals surface area contributed by atoms with Crippen LogP contribution in [-0.4, -0.2) is 23.2 Å². The minimum atomic E-state index is -0.873. The lowest BCUT2D eigenvalue weighted by Gasteiger charge is -2.03. The molecule has 2 aromatic rings. The van der Waals surface area contributed by atoms with Gasteiger partial charge in [0.25, 0.3) is 0 Å². The molecule has 0 aliphatic heterocycles. The van der Waals surface area contributed by atoms with E-state index in [9.17, 15) is 4.79 Å². The van der Waals surface area contributed by atoms with Gasteiger partial charge in [0.15, 0.2) is 0 Å². The number of carboxylic acids is 1. The van der Waals surface area contributed by atoms with E-state index in [2.05, 4.69) is 4.98 Å². The summed E-state index contributed by atoms with van der Waals surface area (Å²) < 4.78 is 10.7. The predicted octanol–water partition coefficient (Wildman–Crippen LogP) is 2.80. The van der Waals surface area contributed by atoms with Crippen LogP contribution in [0.4, 0.5) is 0 Å². The van der Waals surface area contributed by atoms with Gasteiger partial charge in [-0.3, -0.25) is 4.79 Å². The number of benzene rings is 1. The number of aliphatic carboxylic acids is 1. The highest BCUT2D eigenvalue weighted by molar-refractivity contribution is 7.11. The van der Waals surface area contributed by atoms with Crippen LogP contribution in [-0.2, 0) is 29.2 Å². The molecule has 0 aliphatic carbocycles. The quantitative estimate of drug-likeness (QED) is 0.852. The third-order valence-corrected chi connectivity index (χ3v) is 3.87. The number of carboxylic acid groups (broad SMARTS) is 1. The van der Waals surface area contributed by atoms with E-state index in [1.54, 1.807) is 7.11 Å². The van der Waals surface area contributed by atoms with Gasteiger partial charge in [0, 0.05) is 12.0 Å². The van der Waals surface area contributed by atoms with Crippen molar-refractivity contribution in [2.75, 3.05) is 7.11 Å². The van der Waals surface area contributed by atoms with Crippen LogP contribution in [0.3, 0.4) is 0 Å². The standard InChI is InChI=1S/C15H17NO4S/c1-10-3-5-11(6-4-10)20-9-14-16-12(8-19-2)13(21-14)7-15(17)18/h3-6H,7-9H2,1-2H3,(H,17,18). The Morgan fingerprint density at radius 1 is 1.29 bits per heavy atom. The molecule has 1 heterocycles. The molecule has 0 amide bonds. The zero-order chi connectivity index (χ0) is 15.2. The Bertz CT molecular complexity index is 607. The highest BCUT2D eigenvalue weighted by Crippen LogP contribution is 2.22. The summed E-state index contributed by atoms with van der Waals surface area (Å²) >= 11 is 1.35. The molecule has 0 bridgehead atoms. The summed E-state index contributed by atoms with van der Waals surface area (Å²) in [6.45, 7) is 2.65. The summed E-state index contributed by atoms with van der Waals surface area (Å²) in [5.74, 6) is -0.106. The Morgan fingerprint density at radius 3 is 2.62 bits per heavy atom. The summed E-state index contributed by atoms with van der Waals surface area (Å²) in [5, 5.41) is 9.66. The Morgan fingerprint density at radius 2 is 2.00 bits per heavy atom. The number of thiazole rings is 1. The van der Waals surface area contributed by atoms with E-state index in [-0.39, 0.29) is 6.42 Å². The minimum Gasteiger partial charge on any atom is -0.486 e. The normalized spacial score (nSPS) is 10.6. The van der Waals surface area contributed by atoms with Gasteiger partial charge in [-0.2, -0.15) is 0 Å². The lowest BCUT2D eigenvalue weighted by Crippen LogP contribution is -2.02. The molecular formula is C15H17NO4S. The second-order valence-corrected chi connectivity index (χ2v) is 5.75. The number of aromatic nitrogens is 1. The van der Waals surface area contributed by atoms with E-state index < -0.39 is 5.97 Å². The van der Waals surface area contributed by atoms with Gasteiger partial charge in [-0.05, 0) is 19.1 Å². The molecule has 1 N–H and O–H groups in total. The van der Waals surface area contributed by atoms with Crippen LogP contribution in [0.5, 0.6) is 5.75 Å². The number of hydrogen-bond acceptors (Lipinski definition) is 5. The summed E-state index contributed by atoms with van der Waals surface area (Å²) in [7, 11) is 1.56. The second kappa shape index (κ2) is 7.19. The fraction of sp³-hybridized carbons (Fsp3) is 0.333. The van der Waals surface area contributed by atoms with Gasteiger partial charge < -0.3 is 14.6 Å². The number of hydrogen-bond donors (Lipinski definition) is 1. The van der Waals surface area contributed by atoms with E-state index in [1.807, 2.05) is 31.2 Å². The number of nitrogens with zero attached hydrogens (tertiary/aromatic N) is 1. The van der Waals surface area contributed by atoms with Gasteiger partial charge in [-0.1, -0.05) is 17.7 Å². The Hall–Kier alpha value is -1.92. The van der Waals surface area contributed by atoms with Gasteiger partial charge in [0.2, 0.25) is 0 Å². The SMILES string of the molecule is COCc1nc(COc2ccc(C)cc2)sc1CC(=O)O. The monoisotopic (exact) mass is 307 g/mol. The molecule has 0 saturated heterocycles. The van der Waals surface area contributed by atoms with E-state index in [0.29, 0.717) is 23.8 Å². The first-order valence-electron chi connectivity index (χ1n) is 6.46. The Labute approximate surface area is 127 Å². The van der Waals surface area contributed by atoms with Gasteiger partial charge in [-0.15, -0.1) is 11.3 Å².